The van der Waals surface area contributed by atoms with E-state index >= 15 is 0 Å². The van der Waals surface area contributed by atoms with Crippen LogP contribution in [0.4, 0.5) is 20.2 Å². The maximum atomic E-state index is 13.8. The molecule has 4 rings (SSSR count). The van der Waals surface area contributed by atoms with Crippen molar-refractivity contribution in [2.45, 2.75) is 25.7 Å². The number of benzene rings is 2. The largest absolute Gasteiger partial charge is 0.322 e. The fourth-order valence-corrected chi connectivity index (χ4v) is 3.60. The smallest absolute Gasteiger partial charge is 0.258 e. The average Bonchev–Trinajstić information content (AvgIpc) is 2.58. The molecule has 0 saturated carbocycles. The summed E-state index contributed by atoms with van der Waals surface area (Å²) in [6.45, 7) is 0.728. The highest BCUT2D eigenvalue weighted by Crippen LogP contribution is 2.38. The highest BCUT2D eigenvalue weighted by Gasteiger charge is 2.29. The summed E-state index contributed by atoms with van der Waals surface area (Å²) in [7, 11) is 0. The molecule has 0 spiro atoms. The van der Waals surface area contributed by atoms with Crippen LogP contribution in [0.15, 0.2) is 30.3 Å². The molecule has 0 aliphatic carbocycles. The third-order valence-electron chi connectivity index (χ3n) is 4.71. The molecule has 0 unspecified atom stereocenters. The molecule has 4 nitrogen and oxygen atoms in total. The molecule has 2 aromatic rings. The number of aryl methyl sites for hydroxylation is 2. The van der Waals surface area contributed by atoms with E-state index in [1.165, 1.54) is 0 Å². The van der Waals surface area contributed by atoms with Gasteiger partial charge in [-0.25, -0.2) is 8.78 Å². The molecule has 2 heterocycles. The zero-order chi connectivity index (χ0) is 17.6. The lowest BCUT2D eigenvalue weighted by molar-refractivity contribution is -0.119. The molecular formula is C19H16F2N2O2. The van der Waals surface area contributed by atoms with Crippen LogP contribution in [-0.2, 0) is 17.6 Å². The van der Waals surface area contributed by atoms with Gasteiger partial charge in [0.15, 0.2) is 0 Å². The van der Waals surface area contributed by atoms with Gasteiger partial charge in [-0.15, -0.1) is 0 Å². The molecule has 0 fully saturated rings. The number of carbonyl (C=O) groups is 2. The van der Waals surface area contributed by atoms with Gasteiger partial charge in [-0.3, -0.25) is 9.59 Å². The molecule has 0 saturated heterocycles. The van der Waals surface area contributed by atoms with Crippen LogP contribution in [0.2, 0.25) is 0 Å². The number of hydrogen-bond acceptors (Lipinski definition) is 2. The zero-order valence-corrected chi connectivity index (χ0v) is 13.4. The van der Waals surface area contributed by atoms with Crippen molar-refractivity contribution in [3.05, 3.63) is 58.7 Å². The van der Waals surface area contributed by atoms with E-state index in [0.29, 0.717) is 24.6 Å². The van der Waals surface area contributed by atoms with Crippen LogP contribution in [0.5, 0.6) is 0 Å². The molecule has 1 N–H and O–H groups in total. The average molecular weight is 342 g/mol. The van der Waals surface area contributed by atoms with E-state index in [-0.39, 0.29) is 11.5 Å². The highest BCUT2D eigenvalue weighted by atomic mass is 19.1. The number of hydrogen-bond donors (Lipinski definition) is 1. The molecule has 0 radical (unpaired) electrons. The lowest BCUT2D eigenvalue weighted by atomic mass is 9.91. The number of amides is 2. The molecule has 0 aromatic heterocycles. The van der Waals surface area contributed by atoms with Gasteiger partial charge in [0.05, 0.1) is 11.3 Å². The summed E-state index contributed by atoms with van der Waals surface area (Å²) in [6.07, 6.45) is 2.80. The summed E-state index contributed by atoms with van der Waals surface area (Å²) in [5.74, 6) is -2.10. The van der Waals surface area contributed by atoms with Crippen molar-refractivity contribution in [2.75, 3.05) is 16.8 Å². The van der Waals surface area contributed by atoms with Crippen molar-refractivity contribution in [1.82, 2.24) is 0 Å². The first-order valence-electron chi connectivity index (χ1n) is 8.25. The molecule has 2 amide bonds. The Bertz CT molecular complexity index is 878. The van der Waals surface area contributed by atoms with Crippen LogP contribution in [0.1, 0.15) is 34.3 Å². The minimum absolute atomic E-state index is 0.138. The van der Waals surface area contributed by atoms with Crippen LogP contribution in [0.3, 0.4) is 0 Å². The number of nitrogens with one attached hydrogen (secondary N) is 1. The van der Waals surface area contributed by atoms with E-state index in [0.717, 1.165) is 48.3 Å². The molecule has 6 heteroatoms. The first kappa shape index (κ1) is 15.7. The maximum absolute atomic E-state index is 13.8. The second kappa shape index (κ2) is 5.95. The lowest BCUT2D eigenvalue weighted by Crippen LogP contribution is -2.39. The minimum Gasteiger partial charge on any atom is -0.322 e. The van der Waals surface area contributed by atoms with Crippen molar-refractivity contribution in [2.24, 2.45) is 0 Å². The Morgan fingerprint density at radius 2 is 1.80 bits per heavy atom. The number of halogens is 2. The Labute approximate surface area is 143 Å². The molecule has 0 atom stereocenters. The van der Waals surface area contributed by atoms with Crippen LogP contribution in [0, 0.1) is 11.6 Å². The molecule has 2 aliphatic heterocycles. The predicted molar refractivity (Wildman–Crippen MR) is 89.7 cm³/mol. The van der Waals surface area contributed by atoms with Gasteiger partial charge in [0.2, 0.25) is 5.91 Å². The van der Waals surface area contributed by atoms with E-state index in [9.17, 15) is 18.4 Å². The molecule has 0 bridgehead atoms. The highest BCUT2D eigenvalue weighted by molar-refractivity contribution is 6.05. The standard InChI is InChI=1S/C19H16F2N2O2/c20-13-4-5-15(16(21)10-13)19(25)22-14-8-11-2-1-7-23-17(24)6-3-12(9-14)18(11)23/h4-5,8-10H,1-3,6-7H2,(H,22,25). The monoisotopic (exact) mass is 342 g/mol. The van der Waals surface area contributed by atoms with E-state index in [1.54, 1.807) is 0 Å². The van der Waals surface area contributed by atoms with Crippen molar-refractivity contribution in [3.63, 3.8) is 0 Å². The van der Waals surface area contributed by atoms with Gasteiger partial charge in [0.1, 0.15) is 11.6 Å². The van der Waals surface area contributed by atoms with Gasteiger partial charge in [0.25, 0.3) is 5.91 Å². The third-order valence-corrected chi connectivity index (χ3v) is 4.71. The number of rotatable bonds is 2. The molecule has 25 heavy (non-hydrogen) atoms. The molecule has 2 aromatic carbocycles. The van der Waals surface area contributed by atoms with Crippen molar-refractivity contribution in [3.8, 4) is 0 Å². The third kappa shape index (κ3) is 2.77. The van der Waals surface area contributed by atoms with Gasteiger partial charge >= 0.3 is 0 Å². The van der Waals surface area contributed by atoms with Crippen LogP contribution >= 0.6 is 0 Å². The summed E-state index contributed by atoms with van der Waals surface area (Å²) in [4.78, 5) is 26.2. The molecule has 2 aliphatic rings. The van der Waals surface area contributed by atoms with Gasteiger partial charge in [0, 0.05) is 24.7 Å². The predicted octanol–water partition coefficient (Wildman–Crippen LogP) is 3.44. The second-order valence-corrected chi connectivity index (χ2v) is 6.37. The van der Waals surface area contributed by atoms with E-state index < -0.39 is 17.5 Å². The second-order valence-electron chi connectivity index (χ2n) is 6.37. The summed E-state index contributed by atoms with van der Waals surface area (Å²) in [6, 6.07) is 6.54. The Morgan fingerprint density at radius 1 is 1.04 bits per heavy atom. The van der Waals surface area contributed by atoms with E-state index in [4.69, 9.17) is 0 Å². The van der Waals surface area contributed by atoms with Crippen molar-refractivity contribution < 1.29 is 18.4 Å². The lowest BCUT2D eigenvalue weighted by Gasteiger charge is -2.35. The first-order valence-corrected chi connectivity index (χ1v) is 8.25. The number of carbonyl (C=O) groups excluding carboxylic acids is 2. The van der Waals surface area contributed by atoms with E-state index in [1.807, 2.05) is 17.0 Å². The SMILES string of the molecule is O=C(Nc1cc2c3c(c1)CCC(=O)N3CCC2)c1ccc(F)cc1F. The van der Waals surface area contributed by atoms with Crippen LogP contribution in [-0.4, -0.2) is 18.4 Å². The number of nitrogens with zero attached hydrogens (tertiary/aromatic N) is 1. The van der Waals surface area contributed by atoms with E-state index in [2.05, 4.69) is 5.32 Å². The minimum atomic E-state index is -0.895. The summed E-state index contributed by atoms with van der Waals surface area (Å²) in [5.41, 5.74) is 3.37. The van der Waals surface area contributed by atoms with Crippen molar-refractivity contribution >= 4 is 23.2 Å². The zero-order valence-electron chi connectivity index (χ0n) is 13.4. The fraction of sp³-hybridized carbons (Fsp3) is 0.263. The normalized spacial score (nSPS) is 15.8. The summed E-state index contributed by atoms with van der Waals surface area (Å²) >= 11 is 0. The van der Waals surface area contributed by atoms with Gasteiger partial charge in [-0.2, -0.15) is 0 Å². The quantitative estimate of drug-likeness (QED) is 0.909. The van der Waals surface area contributed by atoms with Crippen molar-refractivity contribution in [1.29, 1.82) is 0 Å². The Balaban J connectivity index is 1.66. The van der Waals surface area contributed by atoms with Gasteiger partial charge in [-0.1, -0.05) is 0 Å². The molecular weight excluding hydrogens is 326 g/mol. The molecule has 128 valence electrons. The first-order chi connectivity index (χ1) is 12.0. The van der Waals surface area contributed by atoms with Crippen LogP contribution in [0.25, 0.3) is 0 Å². The Kier molecular flexibility index (Phi) is 3.75. The fourth-order valence-electron chi connectivity index (χ4n) is 3.60. The van der Waals surface area contributed by atoms with Crippen LogP contribution < -0.4 is 10.2 Å². The summed E-state index contributed by atoms with van der Waals surface area (Å²) in [5, 5.41) is 2.69. The maximum Gasteiger partial charge on any atom is 0.258 e. The Hall–Kier alpha value is -2.76. The Morgan fingerprint density at radius 3 is 2.56 bits per heavy atom. The number of anilines is 2. The van der Waals surface area contributed by atoms with Gasteiger partial charge in [-0.05, 0) is 54.7 Å². The topological polar surface area (TPSA) is 49.4 Å². The summed E-state index contributed by atoms with van der Waals surface area (Å²) < 4.78 is 26.8. The van der Waals surface area contributed by atoms with Gasteiger partial charge < -0.3 is 10.2 Å².